The van der Waals surface area contributed by atoms with Crippen LogP contribution in [0.15, 0.2) is 78.9 Å². The Morgan fingerprint density at radius 3 is 2.14 bits per heavy atom. The first-order valence-corrected chi connectivity index (χ1v) is 11.7. The van der Waals surface area contributed by atoms with Crippen molar-refractivity contribution in [3.63, 3.8) is 0 Å². The SMILES string of the molecule is COC(=O)C1(c2ccc(-c3ccc(-c4c(NC(=O)OCc5ccccc5)nnn4C)cc3)cc2)CC1. The van der Waals surface area contributed by atoms with Gasteiger partial charge in [0.15, 0.2) is 5.82 Å². The van der Waals surface area contributed by atoms with Crippen LogP contribution in [0.25, 0.3) is 22.4 Å². The molecular weight excluding hydrogens is 456 g/mol. The third-order valence-corrected chi connectivity index (χ3v) is 6.52. The summed E-state index contributed by atoms with van der Waals surface area (Å²) in [5.74, 6) is 0.156. The van der Waals surface area contributed by atoms with Crippen LogP contribution in [0.5, 0.6) is 0 Å². The molecule has 3 aromatic carbocycles. The van der Waals surface area contributed by atoms with Gasteiger partial charge in [-0.2, -0.15) is 0 Å². The standard InChI is InChI=1S/C28H26N4O4/c1-32-24(25(30-31-32)29-27(34)36-18-19-6-4-3-5-7-19)22-10-8-20(9-11-22)21-12-14-23(15-13-21)28(16-17-28)26(33)35-2/h3-15H,16-18H2,1-2H3,(H,29,34). The van der Waals surface area contributed by atoms with Gasteiger partial charge in [0, 0.05) is 12.6 Å². The van der Waals surface area contributed by atoms with E-state index in [-0.39, 0.29) is 12.6 Å². The average molecular weight is 483 g/mol. The highest BCUT2D eigenvalue weighted by atomic mass is 16.5. The van der Waals surface area contributed by atoms with E-state index in [9.17, 15) is 9.59 Å². The number of nitrogens with one attached hydrogen (secondary N) is 1. The molecule has 1 amide bonds. The molecule has 0 unspecified atom stereocenters. The quantitative estimate of drug-likeness (QED) is 0.368. The average Bonchev–Trinajstić information content (AvgIpc) is 3.66. The van der Waals surface area contributed by atoms with Crippen molar-refractivity contribution in [3.05, 3.63) is 90.0 Å². The van der Waals surface area contributed by atoms with Crippen LogP contribution < -0.4 is 5.32 Å². The zero-order chi connectivity index (χ0) is 25.1. The first-order chi connectivity index (χ1) is 17.5. The Morgan fingerprint density at radius 1 is 0.917 bits per heavy atom. The molecule has 8 nitrogen and oxygen atoms in total. The summed E-state index contributed by atoms with van der Waals surface area (Å²) in [5.41, 5.74) is 5.00. The number of benzene rings is 3. The van der Waals surface area contributed by atoms with Gasteiger partial charge in [-0.1, -0.05) is 84.1 Å². The molecule has 0 aliphatic heterocycles. The van der Waals surface area contributed by atoms with Crippen molar-refractivity contribution >= 4 is 17.9 Å². The Labute approximate surface area is 208 Å². The number of amides is 1. The second kappa shape index (κ2) is 9.65. The van der Waals surface area contributed by atoms with Gasteiger partial charge < -0.3 is 9.47 Å². The molecule has 1 fully saturated rings. The molecule has 0 saturated heterocycles. The van der Waals surface area contributed by atoms with Gasteiger partial charge in [0.1, 0.15) is 12.3 Å². The maximum absolute atomic E-state index is 12.3. The number of carbonyl (C=O) groups is 2. The molecule has 0 radical (unpaired) electrons. The lowest BCUT2D eigenvalue weighted by atomic mass is 9.93. The summed E-state index contributed by atoms with van der Waals surface area (Å²) >= 11 is 0. The minimum atomic E-state index is -0.599. The number of nitrogens with zero attached hydrogens (tertiary/aromatic N) is 3. The van der Waals surface area contributed by atoms with Crippen LogP contribution in [0, 0.1) is 0 Å². The number of aromatic nitrogens is 3. The van der Waals surface area contributed by atoms with Crippen LogP contribution in [0.1, 0.15) is 24.0 Å². The van der Waals surface area contributed by atoms with Gasteiger partial charge in [-0.3, -0.25) is 10.1 Å². The van der Waals surface area contributed by atoms with Crippen molar-refractivity contribution in [2.45, 2.75) is 24.9 Å². The number of hydrogen-bond donors (Lipinski definition) is 1. The van der Waals surface area contributed by atoms with E-state index in [2.05, 4.69) is 15.6 Å². The molecule has 1 N–H and O–H groups in total. The van der Waals surface area contributed by atoms with Gasteiger partial charge in [0.2, 0.25) is 0 Å². The fraction of sp³-hybridized carbons (Fsp3) is 0.214. The second-order valence-electron chi connectivity index (χ2n) is 8.83. The third-order valence-electron chi connectivity index (χ3n) is 6.52. The van der Waals surface area contributed by atoms with Crippen LogP contribution in [-0.2, 0) is 33.3 Å². The Bertz CT molecular complexity index is 1380. The Morgan fingerprint density at radius 2 is 1.53 bits per heavy atom. The van der Waals surface area contributed by atoms with Crippen molar-refractivity contribution in [1.29, 1.82) is 0 Å². The fourth-order valence-corrected chi connectivity index (χ4v) is 4.35. The zero-order valence-corrected chi connectivity index (χ0v) is 20.1. The van der Waals surface area contributed by atoms with Crippen LogP contribution in [-0.4, -0.2) is 34.2 Å². The Hall–Kier alpha value is -4.46. The number of rotatable bonds is 7. The van der Waals surface area contributed by atoms with Crippen LogP contribution in [0.3, 0.4) is 0 Å². The number of anilines is 1. The zero-order valence-electron chi connectivity index (χ0n) is 20.1. The lowest BCUT2D eigenvalue weighted by Crippen LogP contribution is -2.21. The van der Waals surface area contributed by atoms with Gasteiger partial charge in [-0.05, 0) is 35.1 Å². The molecule has 8 heteroatoms. The van der Waals surface area contributed by atoms with Gasteiger partial charge in [0.05, 0.1) is 12.5 Å². The predicted molar refractivity (Wildman–Crippen MR) is 135 cm³/mol. The highest BCUT2D eigenvalue weighted by Gasteiger charge is 2.52. The molecule has 1 heterocycles. The number of aryl methyl sites for hydroxylation is 1. The van der Waals surface area contributed by atoms with E-state index < -0.39 is 11.5 Å². The largest absolute Gasteiger partial charge is 0.468 e. The van der Waals surface area contributed by atoms with E-state index >= 15 is 0 Å². The van der Waals surface area contributed by atoms with Crippen LogP contribution in [0.4, 0.5) is 10.6 Å². The van der Waals surface area contributed by atoms with E-state index in [1.165, 1.54) is 7.11 Å². The van der Waals surface area contributed by atoms with Crippen molar-refractivity contribution in [2.75, 3.05) is 12.4 Å². The third kappa shape index (κ3) is 4.57. The second-order valence-corrected chi connectivity index (χ2v) is 8.83. The predicted octanol–water partition coefficient (Wildman–Crippen LogP) is 5.10. The number of esters is 1. The number of hydrogen-bond acceptors (Lipinski definition) is 6. The van der Waals surface area contributed by atoms with Crippen LogP contribution in [0.2, 0.25) is 0 Å². The van der Waals surface area contributed by atoms with Gasteiger partial charge >= 0.3 is 12.1 Å². The summed E-state index contributed by atoms with van der Waals surface area (Å²) in [6.45, 7) is 0.163. The van der Waals surface area contributed by atoms with Gasteiger partial charge in [-0.25, -0.2) is 9.48 Å². The molecule has 4 aromatic rings. The molecule has 0 bridgehead atoms. The summed E-state index contributed by atoms with van der Waals surface area (Å²) in [5, 5.41) is 10.8. The van der Waals surface area contributed by atoms with E-state index in [0.29, 0.717) is 11.5 Å². The van der Waals surface area contributed by atoms with Crippen molar-refractivity contribution in [1.82, 2.24) is 15.0 Å². The first kappa shape index (κ1) is 23.3. The number of methoxy groups -OCH3 is 1. The molecule has 1 aliphatic rings. The molecular formula is C28H26N4O4. The molecule has 5 rings (SSSR count). The highest BCUT2D eigenvalue weighted by molar-refractivity contribution is 5.89. The summed E-state index contributed by atoms with van der Waals surface area (Å²) in [6.07, 6.45) is 1.04. The lowest BCUT2D eigenvalue weighted by molar-refractivity contribution is -0.143. The highest BCUT2D eigenvalue weighted by Crippen LogP contribution is 2.49. The summed E-state index contributed by atoms with van der Waals surface area (Å²) in [7, 11) is 3.20. The minimum Gasteiger partial charge on any atom is -0.468 e. The van der Waals surface area contributed by atoms with Gasteiger partial charge in [-0.15, -0.1) is 5.10 Å². The molecule has 1 aliphatic carbocycles. The van der Waals surface area contributed by atoms with Crippen molar-refractivity contribution in [3.8, 4) is 22.4 Å². The number of carbonyl (C=O) groups excluding carboxylic acids is 2. The van der Waals surface area contributed by atoms with E-state index in [1.807, 2.05) is 78.9 Å². The first-order valence-electron chi connectivity index (χ1n) is 11.7. The maximum Gasteiger partial charge on any atom is 0.413 e. The molecule has 0 atom stereocenters. The fourth-order valence-electron chi connectivity index (χ4n) is 4.35. The Kier molecular flexibility index (Phi) is 6.25. The molecule has 182 valence electrons. The minimum absolute atomic E-state index is 0.163. The van der Waals surface area contributed by atoms with Crippen molar-refractivity contribution in [2.24, 2.45) is 7.05 Å². The number of ether oxygens (including phenoxy) is 2. The smallest absolute Gasteiger partial charge is 0.413 e. The van der Waals surface area contributed by atoms with Crippen LogP contribution >= 0.6 is 0 Å². The molecule has 1 saturated carbocycles. The molecule has 1 aromatic heterocycles. The van der Waals surface area contributed by atoms with E-state index in [0.717, 1.165) is 40.7 Å². The summed E-state index contributed by atoms with van der Waals surface area (Å²) in [4.78, 5) is 24.5. The molecule has 0 spiro atoms. The normalized spacial score (nSPS) is 13.6. The maximum atomic E-state index is 12.3. The monoisotopic (exact) mass is 482 g/mol. The molecule has 36 heavy (non-hydrogen) atoms. The van der Waals surface area contributed by atoms with E-state index in [4.69, 9.17) is 9.47 Å². The summed E-state index contributed by atoms with van der Waals surface area (Å²) < 4.78 is 11.9. The van der Waals surface area contributed by atoms with E-state index in [1.54, 1.807) is 11.7 Å². The van der Waals surface area contributed by atoms with Crippen molar-refractivity contribution < 1.29 is 19.1 Å². The lowest BCUT2D eigenvalue weighted by Gasteiger charge is -2.13. The topological polar surface area (TPSA) is 95.3 Å². The summed E-state index contributed by atoms with van der Waals surface area (Å²) in [6, 6.07) is 25.4. The van der Waals surface area contributed by atoms with Gasteiger partial charge in [0.25, 0.3) is 0 Å². The Balaban J connectivity index is 1.29.